The van der Waals surface area contributed by atoms with Crippen LogP contribution in [0.4, 0.5) is 17.6 Å². The summed E-state index contributed by atoms with van der Waals surface area (Å²) in [6.07, 6.45) is -2.36. The largest absolute Gasteiger partial charge is 0.416 e. The monoisotopic (exact) mass is 384 g/mol. The molecule has 7 heteroatoms. The van der Waals surface area contributed by atoms with Gasteiger partial charge in [0.05, 0.1) is 11.3 Å². The molecule has 2 nitrogen and oxygen atoms in total. The number of hydrogen-bond donors (Lipinski definition) is 1. The van der Waals surface area contributed by atoms with Gasteiger partial charge in [0.15, 0.2) is 11.1 Å². The molecule has 0 radical (unpaired) electrons. The number of benzene rings is 2. The number of allylic oxidation sites excluding steroid dienone is 2. The molecule has 0 saturated carbocycles. The van der Waals surface area contributed by atoms with E-state index in [0.29, 0.717) is 24.0 Å². The first-order valence-electron chi connectivity index (χ1n) is 8.01. The summed E-state index contributed by atoms with van der Waals surface area (Å²) >= 11 is -2.14. The Kier molecular flexibility index (Phi) is 5.29. The minimum Gasteiger partial charge on any atom is -0.306 e. The van der Waals surface area contributed by atoms with Gasteiger partial charge in [0, 0.05) is 5.56 Å². The van der Waals surface area contributed by atoms with Crippen LogP contribution >= 0.6 is 0 Å². The van der Waals surface area contributed by atoms with Gasteiger partial charge in [-0.2, -0.15) is 13.2 Å². The number of rotatable bonds is 4. The van der Waals surface area contributed by atoms with Crippen molar-refractivity contribution in [2.75, 3.05) is 0 Å². The van der Waals surface area contributed by atoms with E-state index in [1.807, 2.05) is 0 Å². The van der Waals surface area contributed by atoms with E-state index in [9.17, 15) is 21.8 Å². The van der Waals surface area contributed by atoms with Crippen molar-refractivity contribution in [1.29, 1.82) is 0 Å². The van der Waals surface area contributed by atoms with E-state index in [2.05, 4.69) is 0 Å². The fourth-order valence-electron chi connectivity index (χ4n) is 3.25. The van der Waals surface area contributed by atoms with Gasteiger partial charge in [-0.3, -0.25) is 0 Å². The zero-order chi connectivity index (χ0) is 18.9. The summed E-state index contributed by atoms with van der Waals surface area (Å²) in [5.41, 5.74) is 2.12. The summed E-state index contributed by atoms with van der Waals surface area (Å²) in [5, 5.41) is 0. The molecule has 138 valence electrons. The Morgan fingerprint density at radius 2 is 1.65 bits per heavy atom. The van der Waals surface area contributed by atoms with Crippen LogP contribution in [0, 0.1) is 5.82 Å². The molecule has 0 aliphatic heterocycles. The zero-order valence-electron chi connectivity index (χ0n) is 13.6. The lowest BCUT2D eigenvalue weighted by Crippen LogP contribution is -2.05. The van der Waals surface area contributed by atoms with Gasteiger partial charge in [-0.25, -0.2) is 8.60 Å². The molecule has 2 aromatic carbocycles. The normalized spacial score (nSPS) is 16.2. The molecular weight excluding hydrogens is 368 g/mol. The Morgan fingerprint density at radius 3 is 2.23 bits per heavy atom. The molecule has 0 amide bonds. The second-order valence-electron chi connectivity index (χ2n) is 6.16. The number of halogens is 4. The smallest absolute Gasteiger partial charge is 0.306 e. The van der Waals surface area contributed by atoms with Crippen LogP contribution in [0.2, 0.25) is 0 Å². The topological polar surface area (TPSA) is 37.3 Å². The molecule has 1 atom stereocenters. The van der Waals surface area contributed by atoms with Crippen LogP contribution in [0.15, 0.2) is 42.5 Å². The molecule has 0 aromatic heterocycles. The Labute approximate surface area is 150 Å². The fraction of sp³-hybridized carbons (Fsp3) is 0.263. The lowest BCUT2D eigenvalue weighted by molar-refractivity contribution is -0.137. The minimum absolute atomic E-state index is 0.133. The molecular formula is C19H16F4O2S. The maximum Gasteiger partial charge on any atom is 0.416 e. The number of hydrogen-bond acceptors (Lipinski definition) is 1. The van der Waals surface area contributed by atoms with Gasteiger partial charge in [0.25, 0.3) is 0 Å². The fourth-order valence-corrected chi connectivity index (χ4v) is 3.75. The standard InChI is InChI=1S/C19H16F4O2S/c20-18-10-13(7-8-14(18)11-26(24)25)17-6-2-5-16(17)12-3-1-4-15(9-12)19(21,22)23/h1,3-4,7-10H,2,5-6,11H2,(H,24,25). The van der Waals surface area contributed by atoms with Gasteiger partial charge >= 0.3 is 6.18 Å². The van der Waals surface area contributed by atoms with Gasteiger partial charge in [-0.05, 0) is 59.7 Å². The molecule has 0 saturated heterocycles. The molecule has 1 N–H and O–H groups in total. The maximum absolute atomic E-state index is 14.2. The number of alkyl halides is 3. The first-order chi connectivity index (χ1) is 12.3. The molecule has 1 unspecified atom stereocenters. The van der Waals surface area contributed by atoms with E-state index in [0.717, 1.165) is 29.7 Å². The van der Waals surface area contributed by atoms with Crippen molar-refractivity contribution in [2.24, 2.45) is 0 Å². The maximum atomic E-state index is 14.2. The van der Waals surface area contributed by atoms with Crippen molar-refractivity contribution in [3.8, 4) is 0 Å². The van der Waals surface area contributed by atoms with Crippen LogP contribution in [0.25, 0.3) is 11.1 Å². The van der Waals surface area contributed by atoms with E-state index in [4.69, 9.17) is 4.55 Å². The van der Waals surface area contributed by atoms with E-state index < -0.39 is 28.6 Å². The molecule has 0 heterocycles. The molecule has 2 aromatic rings. The van der Waals surface area contributed by atoms with E-state index in [1.54, 1.807) is 12.1 Å². The lowest BCUT2D eigenvalue weighted by Gasteiger charge is -2.12. The second-order valence-corrected chi connectivity index (χ2v) is 7.09. The Balaban J connectivity index is 2.01. The highest BCUT2D eigenvalue weighted by Crippen LogP contribution is 2.41. The third-order valence-corrected chi connectivity index (χ3v) is 4.99. The van der Waals surface area contributed by atoms with Gasteiger partial charge in [0.2, 0.25) is 0 Å². The summed E-state index contributed by atoms with van der Waals surface area (Å²) < 4.78 is 72.8. The SMILES string of the molecule is O=S(O)Cc1ccc(C2=C(c3cccc(C(F)(F)F)c3)CCC2)cc1F. The van der Waals surface area contributed by atoms with Crippen molar-refractivity contribution in [3.63, 3.8) is 0 Å². The van der Waals surface area contributed by atoms with Crippen molar-refractivity contribution >= 4 is 22.2 Å². The molecule has 1 aliphatic rings. The van der Waals surface area contributed by atoms with Gasteiger partial charge < -0.3 is 4.55 Å². The summed E-state index contributed by atoms with van der Waals surface area (Å²) in [6, 6.07) is 9.56. The van der Waals surface area contributed by atoms with E-state index >= 15 is 0 Å². The molecule has 1 aliphatic carbocycles. The van der Waals surface area contributed by atoms with Crippen LogP contribution in [0.1, 0.15) is 41.5 Å². The van der Waals surface area contributed by atoms with Crippen molar-refractivity contribution < 1.29 is 26.3 Å². The minimum atomic E-state index is -4.41. The molecule has 0 spiro atoms. The van der Waals surface area contributed by atoms with Crippen LogP contribution in [0.5, 0.6) is 0 Å². The van der Waals surface area contributed by atoms with Crippen LogP contribution < -0.4 is 0 Å². The molecule has 0 bridgehead atoms. The summed E-state index contributed by atoms with van der Waals surface area (Å²) in [7, 11) is 0. The quantitative estimate of drug-likeness (QED) is 0.545. The van der Waals surface area contributed by atoms with Crippen molar-refractivity contribution in [2.45, 2.75) is 31.2 Å². The first kappa shape index (κ1) is 18.8. The summed E-state index contributed by atoms with van der Waals surface area (Å²) in [4.78, 5) is 0. The average Bonchev–Trinajstić information content (AvgIpc) is 3.05. The molecule has 3 rings (SSSR count). The van der Waals surface area contributed by atoms with E-state index in [1.165, 1.54) is 18.2 Å². The van der Waals surface area contributed by atoms with Gasteiger partial charge in [0.1, 0.15) is 5.82 Å². The third kappa shape index (κ3) is 4.04. The second kappa shape index (κ2) is 7.32. The lowest BCUT2D eigenvalue weighted by atomic mass is 9.95. The first-order valence-corrected chi connectivity index (χ1v) is 9.29. The summed E-state index contributed by atoms with van der Waals surface area (Å²) in [5.74, 6) is -0.890. The molecule has 26 heavy (non-hydrogen) atoms. The highest BCUT2D eigenvalue weighted by atomic mass is 32.2. The van der Waals surface area contributed by atoms with Crippen LogP contribution in [-0.4, -0.2) is 8.76 Å². The third-order valence-electron chi connectivity index (χ3n) is 4.44. The van der Waals surface area contributed by atoms with Crippen LogP contribution in [0.3, 0.4) is 0 Å². The molecule has 0 fully saturated rings. The highest BCUT2D eigenvalue weighted by Gasteiger charge is 2.31. The van der Waals surface area contributed by atoms with Gasteiger partial charge in [-0.15, -0.1) is 0 Å². The van der Waals surface area contributed by atoms with Crippen molar-refractivity contribution in [3.05, 3.63) is 70.5 Å². The van der Waals surface area contributed by atoms with Gasteiger partial charge in [-0.1, -0.05) is 24.3 Å². The average molecular weight is 384 g/mol. The highest BCUT2D eigenvalue weighted by molar-refractivity contribution is 7.78. The predicted molar refractivity (Wildman–Crippen MR) is 93.0 cm³/mol. The van der Waals surface area contributed by atoms with Crippen LogP contribution in [-0.2, 0) is 23.0 Å². The summed E-state index contributed by atoms with van der Waals surface area (Å²) in [6.45, 7) is 0. The Bertz CT molecular complexity index is 887. The Morgan fingerprint density at radius 1 is 1.00 bits per heavy atom. The van der Waals surface area contributed by atoms with E-state index in [-0.39, 0.29) is 11.3 Å². The Hall–Kier alpha value is -1.99. The van der Waals surface area contributed by atoms with Crippen molar-refractivity contribution in [1.82, 2.24) is 0 Å². The zero-order valence-corrected chi connectivity index (χ0v) is 14.5. The predicted octanol–water partition coefficient (Wildman–Crippen LogP) is 5.66.